The van der Waals surface area contributed by atoms with Gasteiger partial charge < -0.3 is 0 Å². The number of ketones is 1. The molecule has 0 aromatic heterocycles. The zero-order valence-corrected chi connectivity index (χ0v) is 9.83. The van der Waals surface area contributed by atoms with Crippen molar-refractivity contribution in [1.29, 1.82) is 0 Å². The van der Waals surface area contributed by atoms with Crippen LogP contribution in [-0.4, -0.2) is 26.2 Å². The first kappa shape index (κ1) is 10.9. The van der Waals surface area contributed by atoms with Gasteiger partial charge in [-0.25, -0.2) is 8.42 Å². The van der Waals surface area contributed by atoms with Gasteiger partial charge in [0.25, 0.3) is 0 Å². The van der Waals surface area contributed by atoms with Crippen LogP contribution in [0.4, 0.5) is 0 Å². The predicted molar refractivity (Wildman–Crippen MR) is 58.1 cm³/mol. The molecule has 0 unspecified atom stereocenters. The van der Waals surface area contributed by atoms with Crippen molar-refractivity contribution < 1.29 is 13.2 Å². The Bertz CT molecular complexity index is 408. The summed E-state index contributed by atoms with van der Waals surface area (Å²) in [4.78, 5) is 11.8. The third kappa shape index (κ3) is 2.00. The lowest BCUT2D eigenvalue weighted by Crippen LogP contribution is -2.30. The minimum atomic E-state index is -3.17. The molecule has 1 fully saturated rings. The lowest BCUT2D eigenvalue weighted by Gasteiger charge is -2.22. The van der Waals surface area contributed by atoms with Crippen LogP contribution in [-0.2, 0) is 14.6 Å². The molecule has 0 aromatic rings. The van der Waals surface area contributed by atoms with E-state index in [1.165, 1.54) is 0 Å². The number of carbonyl (C=O) groups is 1. The molecule has 2 aliphatic rings. The molecular formula is C11H16O3S. The summed E-state index contributed by atoms with van der Waals surface area (Å²) in [7, 11) is -3.17. The van der Waals surface area contributed by atoms with Crippen molar-refractivity contribution in [3.8, 4) is 0 Å². The lowest BCUT2D eigenvalue weighted by molar-refractivity contribution is -0.122. The Kier molecular flexibility index (Phi) is 2.49. The van der Waals surface area contributed by atoms with E-state index in [1.807, 2.05) is 0 Å². The minimum Gasteiger partial charge on any atom is -0.298 e. The molecule has 0 radical (unpaired) electrons. The normalized spacial score (nSPS) is 38.5. The van der Waals surface area contributed by atoms with Crippen molar-refractivity contribution in [2.45, 2.75) is 13.3 Å². The molecule has 0 spiro atoms. The maximum Gasteiger partial charge on any atom is 0.154 e. The topological polar surface area (TPSA) is 51.2 Å². The standard InChI is InChI=1S/C11H16O3S/c1-7-8-3-4-9(5-8)11(7)10(12)6-15(2,13)14/h3-4,7-9,11H,5-6H2,1-2H3/t7-,8+,9-,11+/m0/s1. The Hall–Kier alpha value is -0.640. The SMILES string of the molecule is C[C@@H]1[C@@H](C(=O)CS(C)(=O)=O)[C@H]2C=C[C@@H]1C2. The van der Waals surface area contributed by atoms with Crippen LogP contribution in [0.1, 0.15) is 13.3 Å². The summed E-state index contributed by atoms with van der Waals surface area (Å²) in [5.41, 5.74) is 0. The Labute approximate surface area is 90.5 Å². The molecule has 0 N–H and O–H groups in total. The number of fused-ring (bicyclic) bond motifs is 2. The van der Waals surface area contributed by atoms with E-state index in [9.17, 15) is 13.2 Å². The van der Waals surface area contributed by atoms with E-state index < -0.39 is 9.84 Å². The zero-order chi connectivity index (χ0) is 11.2. The smallest absolute Gasteiger partial charge is 0.154 e. The van der Waals surface area contributed by atoms with Gasteiger partial charge in [0.05, 0.1) is 0 Å². The molecule has 4 atom stereocenters. The fourth-order valence-corrected chi connectivity index (χ4v) is 3.67. The van der Waals surface area contributed by atoms with E-state index in [0.717, 1.165) is 12.7 Å². The monoisotopic (exact) mass is 228 g/mol. The highest BCUT2D eigenvalue weighted by Crippen LogP contribution is 2.48. The van der Waals surface area contributed by atoms with Crippen LogP contribution in [0.2, 0.25) is 0 Å². The number of hydrogen-bond acceptors (Lipinski definition) is 3. The van der Waals surface area contributed by atoms with Crippen molar-refractivity contribution >= 4 is 15.6 Å². The summed E-state index contributed by atoms with van der Waals surface area (Å²) in [5.74, 6) is 0.646. The summed E-state index contributed by atoms with van der Waals surface area (Å²) in [6.45, 7) is 2.05. The molecule has 84 valence electrons. The van der Waals surface area contributed by atoms with Gasteiger partial charge in [-0.3, -0.25) is 4.79 Å². The molecule has 3 nitrogen and oxygen atoms in total. The highest BCUT2D eigenvalue weighted by molar-refractivity contribution is 7.91. The molecule has 0 saturated heterocycles. The fourth-order valence-electron chi connectivity index (χ4n) is 2.96. The fraction of sp³-hybridized carbons (Fsp3) is 0.727. The van der Waals surface area contributed by atoms with E-state index >= 15 is 0 Å². The Morgan fingerprint density at radius 1 is 1.33 bits per heavy atom. The second kappa shape index (κ2) is 3.44. The van der Waals surface area contributed by atoms with Gasteiger partial charge in [0.2, 0.25) is 0 Å². The molecular weight excluding hydrogens is 212 g/mol. The quantitative estimate of drug-likeness (QED) is 0.679. The second-order valence-electron chi connectivity index (χ2n) is 4.87. The van der Waals surface area contributed by atoms with Crippen LogP contribution in [0.25, 0.3) is 0 Å². The molecule has 2 rings (SSSR count). The second-order valence-corrected chi connectivity index (χ2v) is 7.01. The van der Waals surface area contributed by atoms with Crippen LogP contribution in [0, 0.1) is 23.7 Å². The molecule has 2 aliphatic carbocycles. The number of allylic oxidation sites excluding steroid dienone is 2. The number of sulfone groups is 1. The van der Waals surface area contributed by atoms with Gasteiger partial charge in [-0.2, -0.15) is 0 Å². The van der Waals surface area contributed by atoms with Gasteiger partial charge in [0.15, 0.2) is 15.6 Å². The molecule has 15 heavy (non-hydrogen) atoms. The summed E-state index contributed by atoms with van der Waals surface area (Å²) in [5, 5.41) is 0. The van der Waals surface area contributed by atoms with Gasteiger partial charge in [-0.05, 0) is 24.2 Å². The third-order valence-electron chi connectivity index (χ3n) is 3.63. The highest BCUT2D eigenvalue weighted by Gasteiger charge is 2.45. The first-order valence-corrected chi connectivity index (χ1v) is 7.33. The number of hydrogen-bond donors (Lipinski definition) is 0. The molecule has 4 heteroatoms. The number of carbonyl (C=O) groups excluding carboxylic acids is 1. The zero-order valence-electron chi connectivity index (χ0n) is 9.01. The summed E-state index contributed by atoms with van der Waals surface area (Å²) in [6, 6.07) is 0. The molecule has 0 amide bonds. The van der Waals surface area contributed by atoms with Crippen LogP contribution >= 0.6 is 0 Å². The minimum absolute atomic E-state index is 0.0604. The number of Topliss-reactive ketones (excluding diaryl/α,β-unsaturated/α-hetero) is 1. The van der Waals surface area contributed by atoms with Crippen LogP contribution < -0.4 is 0 Å². The Balaban J connectivity index is 2.12. The Morgan fingerprint density at radius 3 is 2.40 bits per heavy atom. The number of rotatable bonds is 3. The van der Waals surface area contributed by atoms with Crippen molar-refractivity contribution in [2.24, 2.45) is 23.7 Å². The van der Waals surface area contributed by atoms with Gasteiger partial charge >= 0.3 is 0 Å². The third-order valence-corrected chi connectivity index (χ3v) is 4.44. The van der Waals surface area contributed by atoms with Crippen molar-refractivity contribution in [3.05, 3.63) is 12.2 Å². The lowest BCUT2D eigenvalue weighted by atomic mass is 9.82. The van der Waals surface area contributed by atoms with E-state index in [1.54, 1.807) is 0 Å². The average Bonchev–Trinajstić information content (AvgIpc) is 2.59. The van der Waals surface area contributed by atoms with Gasteiger partial charge in [0, 0.05) is 12.2 Å². The van der Waals surface area contributed by atoms with Gasteiger partial charge in [0.1, 0.15) is 5.75 Å². The van der Waals surface area contributed by atoms with Crippen molar-refractivity contribution in [1.82, 2.24) is 0 Å². The summed E-state index contributed by atoms with van der Waals surface area (Å²) in [6.07, 6.45) is 6.40. The van der Waals surface area contributed by atoms with E-state index in [-0.39, 0.29) is 17.5 Å². The molecule has 0 aliphatic heterocycles. The largest absolute Gasteiger partial charge is 0.298 e. The first-order valence-electron chi connectivity index (χ1n) is 5.27. The first-order chi connectivity index (χ1) is 6.88. The predicted octanol–water partition coefficient (Wildman–Crippen LogP) is 1.06. The molecule has 0 aromatic carbocycles. The summed E-state index contributed by atoms with van der Waals surface area (Å²) >= 11 is 0. The molecule has 1 saturated carbocycles. The van der Waals surface area contributed by atoms with Crippen molar-refractivity contribution in [3.63, 3.8) is 0 Å². The molecule has 0 heterocycles. The van der Waals surface area contributed by atoms with Crippen LogP contribution in [0.5, 0.6) is 0 Å². The van der Waals surface area contributed by atoms with Crippen LogP contribution in [0.15, 0.2) is 12.2 Å². The van der Waals surface area contributed by atoms with E-state index in [0.29, 0.717) is 17.8 Å². The average molecular weight is 228 g/mol. The van der Waals surface area contributed by atoms with E-state index in [4.69, 9.17) is 0 Å². The van der Waals surface area contributed by atoms with Gasteiger partial charge in [-0.15, -0.1) is 0 Å². The molecule has 2 bridgehead atoms. The van der Waals surface area contributed by atoms with Crippen LogP contribution in [0.3, 0.4) is 0 Å². The van der Waals surface area contributed by atoms with Gasteiger partial charge in [-0.1, -0.05) is 19.1 Å². The maximum atomic E-state index is 11.8. The highest BCUT2D eigenvalue weighted by atomic mass is 32.2. The Morgan fingerprint density at radius 2 is 1.93 bits per heavy atom. The van der Waals surface area contributed by atoms with E-state index in [2.05, 4.69) is 19.1 Å². The maximum absolute atomic E-state index is 11.8. The van der Waals surface area contributed by atoms with Crippen molar-refractivity contribution in [2.75, 3.05) is 12.0 Å². The summed E-state index contributed by atoms with van der Waals surface area (Å²) < 4.78 is 22.1.